The predicted molar refractivity (Wildman–Crippen MR) is 131 cm³/mol. The van der Waals surface area contributed by atoms with Gasteiger partial charge in [-0.1, -0.05) is 18.2 Å². The first-order valence-electron chi connectivity index (χ1n) is 11.9. The van der Waals surface area contributed by atoms with E-state index in [4.69, 9.17) is 14.7 Å². The summed E-state index contributed by atoms with van der Waals surface area (Å²) in [6.07, 6.45) is 7.77. The Balaban J connectivity index is 1.21. The summed E-state index contributed by atoms with van der Waals surface area (Å²) in [7, 11) is 2.16. The fourth-order valence-corrected chi connectivity index (χ4v) is 6.47. The second kappa shape index (κ2) is 8.60. The molecule has 2 aromatic heterocycles. The number of anilines is 2. The van der Waals surface area contributed by atoms with E-state index in [1.54, 1.807) is 0 Å². The van der Waals surface area contributed by atoms with E-state index in [-0.39, 0.29) is 0 Å². The molecule has 0 aliphatic carbocycles. The molecule has 0 atom stereocenters. The van der Waals surface area contributed by atoms with Crippen molar-refractivity contribution in [2.45, 2.75) is 49.0 Å². The van der Waals surface area contributed by atoms with Gasteiger partial charge in [0.15, 0.2) is 0 Å². The number of hydrogen-bond donors (Lipinski definition) is 1. The highest BCUT2D eigenvalue weighted by Gasteiger charge is 2.28. The summed E-state index contributed by atoms with van der Waals surface area (Å²) >= 11 is 1.90. The minimum Gasteiger partial charge on any atom is -0.381 e. The van der Waals surface area contributed by atoms with Gasteiger partial charge in [-0.05, 0) is 43.2 Å². The predicted octanol–water partition coefficient (Wildman–Crippen LogP) is 4.59. The van der Waals surface area contributed by atoms with Gasteiger partial charge in [-0.3, -0.25) is 0 Å². The SMILES string of the molecule is Cn1cc(C2CCN(c3nc4c(c(NC5CCOCC5)n3)SCC4)CC2)c2ccccc21. The van der Waals surface area contributed by atoms with Gasteiger partial charge in [0.25, 0.3) is 0 Å². The van der Waals surface area contributed by atoms with Gasteiger partial charge in [0.1, 0.15) is 5.82 Å². The van der Waals surface area contributed by atoms with E-state index in [0.29, 0.717) is 12.0 Å². The van der Waals surface area contributed by atoms with Crippen LogP contribution in [0.2, 0.25) is 0 Å². The molecule has 5 heterocycles. The van der Waals surface area contributed by atoms with E-state index >= 15 is 0 Å². The molecule has 32 heavy (non-hydrogen) atoms. The number of rotatable bonds is 4. The molecular weight excluding hydrogens is 418 g/mol. The number of para-hydroxylation sites is 1. The van der Waals surface area contributed by atoms with Crippen molar-refractivity contribution < 1.29 is 4.74 Å². The van der Waals surface area contributed by atoms with Gasteiger partial charge in [0.05, 0.1) is 10.6 Å². The smallest absolute Gasteiger partial charge is 0.227 e. The van der Waals surface area contributed by atoms with Crippen LogP contribution in [-0.2, 0) is 18.2 Å². The maximum atomic E-state index is 5.54. The lowest BCUT2D eigenvalue weighted by Gasteiger charge is -2.33. The average molecular weight is 450 g/mol. The molecule has 6 nitrogen and oxygen atoms in total. The number of piperidine rings is 1. The summed E-state index contributed by atoms with van der Waals surface area (Å²) in [6, 6.07) is 9.23. The second-order valence-electron chi connectivity index (χ2n) is 9.25. The molecule has 0 saturated carbocycles. The molecule has 0 amide bonds. The lowest BCUT2D eigenvalue weighted by atomic mass is 9.89. The van der Waals surface area contributed by atoms with Gasteiger partial charge in [-0.15, -0.1) is 11.8 Å². The van der Waals surface area contributed by atoms with Crippen LogP contribution in [0.1, 0.15) is 42.9 Å². The lowest BCUT2D eigenvalue weighted by Crippen LogP contribution is -2.35. The second-order valence-corrected chi connectivity index (χ2v) is 10.4. The Labute approximate surface area is 193 Å². The number of benzene rings is 1. The molecule has 3 aromatic rings. The zero-order chi connectivity index (χ0) is 21.5. The van der Waals surface area contributed by atoms with Crippen molar-refractivity contribution in [3.8, 4) is 0 Å². The van der Waals surface area contributed by atoms with Gasteiger partial charge >= 0.3 is 0 Å². The number of fused-ring (bicyclic) bond motifs is 2. The maximum Gasteiger partial charge on any atom is 0.227 e. The third-order valence-electron chi connectivity index (χ3n) is 7.22. The lowest BCUT2D eigenvalue weighted by molar-refractivity contribution is 0.0903. The van der Waals surface area contributed by atoms with Crippen LogP contribution < -0.4 is 10.2 Å². The normalized spacial score (nSPS) is 20.1. The Hall–Kier alpha value is -2.25. The highest BCUT2D eigenvalue weighted by Crippen LogP contribution is 2.39. The maximum absolute atomic E-state index is 5.54. The topological polar surface area (TPSA) is 55.2 Å². The van der Waals surface area contributed by atoms with Crippen molar-refractivity contribution >= 4 is 34.4 Å². The van der Waals surface area contributed by atoms with Crippen molar-refractivity contribution in [3.63, 3.8) is 0 Å². The molecule has 0 unspecified atom stereocenters. The zero-order valence-corrected chi connectivity index (χ0v) is 19.5. The van der Waals surface area contributed by atoms with Crippen LogP contribution in [-0.4, -0.2) is 52.6 Å². The van der Waals surface area contributed by atoms with E-state index in [1.807, 2.05) is 11.8 Å². The van der Waals surface area contributed by atoms with E-state index in [0.717, 1.165) is 75.9 Å². The number of hydrogen-bond acceptors (Lipinski definition) is 6. The largest absolute Gasteiger partial charge is 0.381 e. The summed E-state index contributed by atoms with van der Waals surface area (Å²) in [4.78, 5) is 13.7. The Kier molecular flexibility index (Phi) is 5.47. The summed E-state index contributed by atoms with van der Waals surface area (Å²) in [5.41, 5.74) is 4.05. The van der Waals surface area contributed by atoms with Crippen LogP contribution in [0.25, 0.3) is 10.9 Å². The first-order chi connectivity index (χ1) is 15.8. The summed E-state index contributed by atoms with van der Waals surface area (Å²) in [6.45, 7) is 3.70. The molecule has 0 radical (unpaired) electrons. The van der Waals surface area contributed by atoms with Crippen molar-refractivity contribution in [1.29, 1.82) is 0 Å². The van der Waals surface area contributed by atoms with Crippen LogP contribution in [0, 0.1) is 0 Å². The molecule has 168 valence electrons. The van der Waals surface area contributed by atoms with Crippen LogP contribution in [0.15, 0.2) is 35.4 Å². The molecule has 2 fully saturated rings. The quantitative estimate of drug-likeness (QED) is 0.629. The number of aromatic nitrogens is 3. The number of ether oxygens (including phenoxy) is 1. The fraction of sp³-hybridized carbons (Fsp3) is 0.520. The molecule has 0 bridgehead atoms. The van der Waals surface area contributed by atoms with Crippen molar-refractivity contribution in [1.82, 2.24) is 14.5 Å². The van der Waals surface area contributed by atoms with E-state index in [1.165, 1.54) is 27.1 Å². The fourth-order valence-electron chi connectivity index (χ4n) is 5.42. The number of aryl methyl sites for hydroxylation is 2. The Morgan fingerprint density at radius 1 is 1.06 bits per heavy atom. The third-order valence-corrected chi connectivity index (χ3v) is 8.34. The highest BCUT2D eigenvalue weighted by molar-refractivity contribution is 7.99. The Bertz CT molecular complexity index is 1110. The van der Waals surface area contributed by atoms with Gasteiger partial charge in [0.2, 0.25) is 5.95 Å². The number of nitrogens with zero attached hydrogens (tertiary/aromatic N) is 4. The number of nitrogens with one attached hydrogen (secondary N) is 1. The van der Waals surface area contributed by atoms with E-state index < -0.39 is 0 Å². The molecule has 3 aliphatic heterocycles. The van der Waals surface area contributed by atoms with Crippen LogP contribution in [0.4, 0.5) is 11.8 Å². The summed E-state index contributed by atoms with van der Waals surface area (Å²) in [5.74, 6) is 3.67. The van der Waals surface area contributed by atoms with Crippen molar-refractivity contribution in [2.75, 3.05) is 42.3 Å². The van der Waals surface area contributed by atoms with Crippen LogP contribution in [0.5, 0.6) is 0 Å². The summed E-state index contributed by atoms with van der Waals surface area (Å²) in [5, 5.41) is 5.14. The molecule has 3 aliphatic rings. The molecular formula is C25H31N5OS. The van der Waals surface area contributed by atoms with Gasteiger partial charge in [-0.2, -0.15) is 4.98 Å². The monoisotopic (exact) mass is 449 g/mol. The zero-order valence-electron chi connectivity index (χ0n) is 18.7. The number of thioether (sulfide) groups is 1. The van der Waals surface area contributed by atoms with Crippen LogP contribution in [0.3, 0.4) is 0 Å². The van der Waals surface area contributed by atoms with Gasteiger partial charge in [0, 0.05) is 68.7 Å². The molecule has 0 spiro atoms. The van der Waals surface area contributed by atoms with E-state index in [2.05, 4.69) is 52.3 Å². The molecule has 1 aromatic carbocycles. The van der Waals surface area contributed by atoms with Crippen LogP contribution >= 0.6 is 11.8 Å². The minimum atomic E-state index is 0.453. The average Bonchev–Trinajstić information content (AvgIpc) is 3.45. The highest BCUT2D eigenvalue weighted by atomic mass is 32.2. The van der Waals surface area contributed by atoms with Crippen molar-refractivity contribution in [2.24, 2.45) is 7.05 Å². The molecule has 7 heteroatoms. The third kappa shape index (κ3) is 3.75. The standard InChI is InChI=1S/C25H31N5OS/c1-29-16-20(19-4-2-3-5-22(19)29)17-6-11-30(12-7-17)25-27-21-10-15-32-23(21)24(28-25)26-18-8-13-31-14-9-18/h2-5,16-18H,6-15H2,1H3,(H,26,27,28). The minimum absolute atomic E-state index is 0.453. The first kappa shape index (κ1) is 20.4. The Morgan fingerprint density at radius 2 is 1.88 bits per heavy atom. The molecule has 6 rings (SSSR count). The molecule has 2 saturated heterocycles. The van der Waals surface area contributed by atoms with Gasteiger partial charge in [-0.25, -0.2) is 4.98 Å². The van der Waals surface area contributed by atoms with E-state index in [9.17, 15) is 0 Å². The Morgan fingerprint density at radius 3 is 2.72 bits per heavy atom. The summed E-state index contributed by atoms with van der Waals surface area (Å²) < 4.78 is 7.81. The van der Waals surface area contributed by atoms with Gasteiger partial charge < -0.3 is 19.5 Å². The molecule has 1 N–H and O–H groups in total. The first-order valence-corrected chi connectivity index (χ1v) is 12.9. The van der Waals surface area contributed by atoms with Crippen molar-refractivity contribution in [3.05, 3.63) is 41.7 Å².